The summed E-state index contributed by atoms with van der Waals surface area (Å²) in [4.78, 5) is 10.5. The Bertz CT molecular complexity index is 281. The fraction of sp³-hybridized carbons (Fsp3) is 0.222. The molecule has 0 saturated carbocycles. The van der Waals surface area contributed by atoms with Crippen molar-refractivity contribution in [2.45, 2.75) is 6.42 Å². The van der Waals surface area contributed by atoms with E-state index in [-0.39, 0.29) is 6.42 Å². The Kier molecular flexibility index (Phi) is 2.69. The van der Waals surface area contributed by atoms with Gasteiger partial charge in [0.25, 0.3) is 0 Å². The predicted molar refractivity (Wildman–Crippen MR) is 45.3 cm³/mol. The van der Waals surface area contributed by atoms with Crippen LogP contribution >= 0.6 is 0 Å². The van der Waals surface area contributed by atoms with E-state index in [9.17, 15) is 4.79 Å². The van der Waals surface area contributed by atoms with Crippen LogP contribution in [0, 0.1) is 0 Å². The molecule has 0 amide bonds. The smallest absolute Gasteiger partial charge is 0.520 e. The summed E-state index contributed by atoms with van der Waals surface area (Å²) in [5.41, 5.74) is 0.764. The predicted octanol–water partition coefficient (Wildman–Crippen LogP) is 0.489. The molecule has 0 spiro atoms. The molecule has 1 aromatic carbocycles. The molecule has 0 unspecified atom stereocenters. The van der Waals surface area contributed by atoms with Crippen LogP contribution in [0.5, 0.6) is 5.75 Å². The number of ether oxygens (including phenoxy) is 1. The van der Waals surface area contributed by atoms with Crippen LogP contribution in [0.25, 0.3) is 0 Å². The van der Waals surface area contributed by atoms with Crippen LogP contribution in [0.3, 0.4) is 0 Å². The first-order valence-corrected chi connectivity index (χ1v) is 3.60. The van der Waals surface area contributed by atoms with Gasteiger partial charge < -0.3 is 9.84 Å². The van der Waals surface area contributed by atoms with Gasteiger partial charge in [-0.05, 0) is 6.07 Å². The van der Waals surface area contributed by atoms with Gasteiger partial charge in [-0.3, -0.25) is 0 Å². The number of carbonyl (C=O) groups is 1. The zero-order valence-electron chi connectivity index (χ0n) is 6.83. The van der Waals surface area contributed by atoms with Crippen molar-refractivity contribution in [3.63, 3.8) is 0 Å². The van der Waals surface area contributed by atoms with Gasteiger partial charge >= 0.3 is 5.97 Å². The minimum atomic E-state index is -0.598. The molecule has 2 N–H and O–H groups in total. The topological polar surface area (TPSA) is 49.2 Å². The second-order valence-corrected chi connectivity index (χ2v) is 2.41. The van der Waals surface area contributed by atoms with Gasteiger partial charge in [0.2, 0.25) is 0 Å². The van der Waals surface area contributed by atoms with Gasteiger partial charge in [-0.25, -0.2) is 0 Å². The van der Waals surface area contributed by atoms with Gasteiger partial charge in [-0.1, -0.05) is 18.2 Å². The molecule has 1 aromatic rings. The number of para-hydroxylation sites is 1. The third-order valence-corrected chi connectivity index (χ3v) is 1.54. The Morgan fingerprint density at radius 3 is 2.75 bits per heavy atom. The van der Waals surface area contributed by atoms with E-state index in [0.717, 1.165) is 5.56 Å². The van der Waals surface area contributed by atoms with Crippen molar-refractivity contribution in [3.8, 4) is 5.75 Å². The molecule has 0 fully saturated rings. The molecule has 3 nitrogen and oxygen atoms in total. The molecule has 0 radical (unpaired) electrons. The first-order chi connectivity index (χ1) is 5.74. The first-order valence-electron chi connectivity index (χ1n) is 3.60. The van der Waals surface area contributed by atoms with E-state index in [4.69, 9.17) is 9.84 Å². The Morgan fingerprint density at radius 2 is 2.17 bits per heavy atom. The van der Waals surface area contributed by atoms with Crippen molar-refractivity contribution in [2.24, 2.45) is 0 Å². The van der Waals surface area contributed by atoms with Gasteiger partial charge in [-0.2, -0.15) is 0 Å². The molecule has 0 aliphatic rings. The second-order valence-electron chi connectivity index (χ2n) is 2.41. The van der Waals surface area contributed by atoms with Gasteiger partial charge in [0.15, 0.2) is 0 Å². The zero-order chi connectivity index (χ0) is 8.97. The minimum Gasteiger partial charge on any atom is -0.564 e. The number of benzene rings is 1. The maximum Gasteiger partial charge on any atom is 0.520 e. The van der Waals surface area contributed by atoms with Crippen LogP contribution in [0.1, 0.15) is 5.56 Å². The van der Waals surface area contributed by atoms with Crippen molar-refractivity contribution in [3.05, 3.63) is 29.8 Å². The van der Waals surface area contributed by atoms with Crippen LogP contribution in [0.2, 0.25) is 0 Å². The lowest BCUT2D eigenvalue weighted by molar-refractivity contribution is -0.136. The van der Waals surface area contributed by atoms with Crippen molar-refractivity contribution < 1.29 is 14.6 Å². The van der Waals surface area contributed by atoms with Crippen LogP contribution in [-0.2, 0) is 11.2 Å². The third-order valence-electron chi connectivity index (χ3n) is 1.54. The van der Waals surface area contributed by atoms with E-state index in [1.165, 1.54) is 0 Å². The Morgan fingerprint density at radius 1 is 1.50 bits per heavy atom. The maximum atomic E-state index is 10.5. The molecule has 0 heterocycles. The average Bonchev–Trinajstić information content (AvgIpc) is 2.04. The van der Waals surface area contributed by atoms with E-state index < -0.39 is 5.97 Å². The fourth-order valence-corrected chi connectivity index (χ4v) is 1.02. The third kappa shape index (κ3) is 1.99. The Balaban J connectivity index is 2.89. The number of hydrogen-bond donors (Lipinski definition) is 0. The van der Waals surface area contributed by atoms with E-state index in [2.05, 4.69) is 0 Å². The fourth-order valence-electron chi connectivity index (χ4n) is 1.02. The highest BCUT2D eigenvalue weighted by molar-refractivity contribution is 5.71. The van der Waals surface area contributed by atoms with Crippen LogP contribution in [-0.4, -0.2) is 18.2 Å². The molecule has 0 atom stereocenters. The molecule has 64 valence electrons. The van der Waals surface area contributed by atoms with Gasteiger partial charge in [0.1, 0.15) is 12.2 Å². The molecular formula is C9H11O3+. The lowest BCUT2D eigenvalue weighted by Gasteiger charge is -2.02. The average molecular weight is 167 g/mol. The highest BCUT2D eigenvalue weighted by atomic mass is 16.5. The lowest BCUT2D eigenvalue weighted by Crippen LogP contribution is -2.01. The van der Waals surface area contributed by atoms with Crippen LogP contribution in [0.4, 0.5) is 0 Å². The second kappa shape index (κ2) is 3.76. The molecule has 12 heavy (non-hydrogen) atoms. The van der Waals surface area contributed by atoms with Crippen LogP contribution in [0.15, 0.2) is 24.3 Å². The van der Waals surface area contributed by atoms with Crippen LogP contribution < -0.4 is 4.74 Å². The highest BCUT2D eigenvalue weighted by Gasteiger charge is 2.11. The van der Waals surface area contributed by atoms with E-state index >= 15 is 0 Å². The lowest BCUT2D eigenvalue weighted by atomic mass is 10.1. The molecule has 0 saturated heterocycles. The Hall–Kier alpha value is -1.51. The highest BCUT2D eigenvalue weighted by Crippen LogP contribution is 2.17. The molecular weight excluding hydrogens is 156 g/mol. The molecule has 0 aromatic heterocycles. The largest absolute Gasteiger partial charge is 0.564 e. The summed E-state index contributed by atoms with van der Waals surface area (Å²) in [6.45, 7) is 0. The molecule has 3 heteroatoms. The number of carbonyl (C=O) groups excluding carboxylic acids is 1. The maximum absolute atomic E-state index is 10.5. The molecule has 0 aliphatic heterocycles. The molecule has 1 rings (SSSR count). The minimum absolute atomic E-state index is 0.115. The Labute approximate surface area is 70.6 Å². The molecule has 0 aliphatic carbocycles. The first kappa shape index (κ1) is 8.59. The summed E-state index contributed by atoms with van der Waals surface area (Å²) < 4.78 is 5.01. The summed E-state index contributed by atoms with van der Waals surface area (Å²) in [5, 5.41) is 6.79. The number of hydrogen-bond acceptors (Lipinski definition) is 2. The van der Waals surface area contributed by atoms with Gasteiger partial charge in [-0.15, -0.1) is 0 Å². The van der Waals surface area contributed by atoms with E-state index in [1.54, 1.807) is 19.2 Å². The summed E-state index contributed by atoms with van der Waals surface area (Å²) >= 11 is 0. The zero-order valence-corrected chi connectivity index (χ0v) is 6.83. The van der Waals surface area contributed by atoms with Crippen molar-refractivity contribution >= 4 is 5.97 Å². The number of rotatable bonds is 3. The summed E-state index contributed by atoms with van der Waals surface area (Å²) in [5.74, 6) is 0.0672. The van der Waals surface area contributed by atoms with E-state index in [0.29, 0.717) is 5.75 Å². The van der Waals surface area contributed by atoms with Gasteiger partial charge in [0.05, 0.1) is 7.11 Å². The normalized spacial score (nSPS) is 9.42. The van der Waals surface area contributed by atoms with Crippen molar-refractivity contribution in [2.75, 3.05) is 7.11 Å². The SMILES string of the molecule is COc1ccccc1CC(=O)[OH2+]. The standard InChI is InChI=1S/C9H10O3/c1-12-8-5-3-2-4-7(8)6-9(10)11/h2-5H,6H2,1H3,(H,10,11)/p+1. The molecule has 0 bridgehead atoms. The summed E-state index contributed by atoms with van der Waals surface area (Å²) in [7, 11) is 1.55. The summed E-state index contributed by atoms with van der Waals surface area (Å²) in [6.07, 6.45) is 0.115. The van der Waals surface area contributed by atoms with E-state index in [1.807, 2.05) is 12.1 Å². The summed E-state index contributed by atoms with van der Waals surface area (Å²) in [6, 6.07) is 7.21. The van der Waals surface area contributed by atoms with Crippen molar-refractivity contribution in [1.29, 1.82) is 0 Å². The monoisotopic (exact) mass is 167 g/mol. The van der Waals surface area contributed by atoms with Crippen molar-refractivity contribution in [1.82, 2.24) is 0 Å². The number of methoxy groups -OCH3 is 1. The quantitative estimate of drug-likeness (QED) is 0.615. The van der Waals surface area contributed by atoms with Gasteiger partial charge in [0, 0.05) is 10.4 Å².